The van der Waals surface area contributed by atoms with Gasteiger partial charge in [0, 0.05) is 9.52 Å². The van der Waals surface area contributed by atoms with Crippen LogP contribution in [0.5, 0.6) is 11.5 Å². The Hall–Kier alpha value is -2.62. The van der Waals surface area contributed by atoms with E-state index in [2.05, 4.69) is 166 Å². The van der Waals surface area contributed by atoms with Gasteiger partial charge in [-0.1, -0.05) is 129 Å². The van der Waals surface area contributed by atoms with E-state index in [9.17, 15) is 0 Å². The molecule has 0 aliphatic rings. The fourth-order valence-electron chi connectivity index (χ4n) is 6.30. The Morgan fingerprint density at radius 2 is 0.880 bits per heavy atom. The monoisotopic (exact) mass is 801 g/mol. The van der Waals surface area contributed by atoms with Crippen molar-refractivity contribution in [3.05, 3.63) is 119 Å². The van der Waals surface area contributed by atoms with Crippen LogP contribution in [-0.4, -0.2) is 23.7 Å². The summed E-state index contributed by atoms with van der Waals surface area (Å²) in [7, 11) is 14.2. The van der Waals surface area contributed by atoms with Gasteiger partial charge in [0.05, 0.1) is 14.2 Å². The van der Waals surface area contributed by atoms with Crippen molar-refractivity contribution >= 4 is 48.1 Å². The number of rotatable bonds is 4. The number of aryl methyl sites for hydroxylation is 2. The Balaban J connectivity index is 0.000000234. The molecule has 6 aromatic rings. The Morgan fingerprint density at radius 3 is 1.14 bits per heavy atom. The zero-order valence-electron chi connectivity index (χ0n) is 31.9. The molecule has 0 atom stereocenters. The summed E-state index contributed by atoms with van der Waals surface area (Å²) in [5, 5.41) is 5.13. The standard InChI is InChI=1S/2C21H23O.C2H7Si.2ClH.Zr/c2*1-14-11-16-13-18(21(2,3)4)20(22-5)19(17(16)12-14)15-9-7-6-8-10-15;1-3-2;;;/h2*6-13H,1-5H3;3H,1-2H3;2*1H;/q2*-1;;;;+4/p-2. The van der Waals surface area contributed by atoms with Crippen LogP contribution in [0.3, 0.4) is 0 Å². The maximum atomic E-state index is 5.87. The molecule has 263 valence electrons. The zero-order valence-corrected chi connectivity index (χ0v) is 37.0. The van der Waals surface area contributed by atoms with Gasteiger partial charge in [-0.2, -0.15) is 12.1 Å². The molecule has 0 bridgehead atoms. The maximum absolute atomic E-state index is 5.87. The van der Waals surface area contributed by atoms with Gasteiger partial charge in [0.1, 0.15) is 11.5 Å². The van der Waals surface area contributed by atoms with Crippen molar-refractivity contribution in [1.29, 1.82) is 0 Å². The molecular formula is C44H53Cl2O2SiZr. The molecule has 0 N–H and O–H groups in total. The minimum atomic E-state index is -0.826. The number of fused-ring (bicyclic) bond motifs is 2. The van der Waals surface area contributed by atoms with E-state index in [1.165, 1.54) is 66.1 Å². The second-order valence-corrected chi connectivity index (χ2v) is 19.5. The van der Waals surface area contributed by atoms with Crippen molar-refractivity contribution in [1.82, 2.24) is 0 Å². The van der Waals surface area contributed by atoms with Gasteiger partial charge in [-0.15, -0.1) is 56.9 Å². The molecule has 2 nitrogen and oxygen atoms in total. The van der Waals surface area contributed by atoms with Crippen LogP contribution >= 0.6 is 17.0 Å². The molecule has 0 fully saturated rings. The molecule has 0 saturated carbocycles. The first-order valence-corrected chi connectivity index (χ1v) is 25.7. The van der Waals surface area contributed by atoms with Crippen LogP contribution in [0.15, 0.2) is 97.1 Å². The average Bonchev–Trinajstić information content (AvgIpc) is 3.64. The number of halogens is 2. The molecule has 0 heterocycles. The Morgan fingerprint density at radius 1 is 0.580 bits per heavy atom. The molecule has 0 amide bonds. The first kappa shape index (κ1) is 41.8. The van der Waals surface area contributed by atoms with Crippen LogP contribution < -0.4 is 9.47 Å². The predicted molar refractivity (Wildman–Crippen MR) is 221 cm³/mol. The molecule has 50 heavy (non-hydrogen) atoms. The minimum absolute atomic E-state index is 0.0360. The van der Waals surface area contributed by atoms with E-state index in [0.29, 0.717) is 0 Å². The zero-order chi connectivity index (χ0) is 37.2. The topological polar surface area (TPSA) is 18.5 Å². The van der Waals surface area contributed by atoms with Crippen molar-refractivity contribution in [2.24, 2.45) is 0 Å². The average molecular weight is 804 g/mol. The van der Waals surface area contributed by atoms with Crippen molar-refractivity contribution < 1.29 is 30.3 Å². The van der Waals surface area contributed by atoms with Crippen LogP contribution in [0.25, 0.3) is 43.8 Å². The Labute approximate surface area is 322 Å². The number of benzene rings is 4. The van der Waals surface area contributed by atoms with E-state index in [1.54, 1.807) is 14.2 Å². The van der Waals surface area contributed by atoms with Crippen LogP contribution in [0.2, 0.25) is 13.1 Å². The fourth-order valence-corrected chi connectivity index (χ4v) is 6.30. The second kappa shape index (κ2) is 18.7. The number of ether oxygens (including phenoxy) is 2. The van der Waals surface area contributed by atoms with Crippen LogP contribution in [0.4, 0.5) is 0 Å². The van der Waals surface area contributed by atoms with Crippen molar-refractivity contribution in [3.8, 4) is 33.8 Å². The summed E-state index contributed by atoms with van der Waals surface area (Å²) in [5.41, 5.74) is 10.0. The molecule has 0 aromatic heterocycles. The summed E-state index contributed by atoms with van der Waals surface area (Å²) in [6.45, 7) is 22.1. The SMILES string of the molecule is COc1c(C(C)(C)C)cc2[cH-]c(C)cc2c1-c1ccccc1.COc1c(C(C)(C)C)cc2[cH-]c(C)cc2c1-c1ccccc1.C[SiH]C.[Cl][Zr+2][Cl]. The van der Waals surface area contributed by atoms with Gasteiger partial charge in [0.2, 0.25) is 0 Å². The summed E-state index contributed by atoms with van der Waals surface area (Å²) < 4.78 is 11.7. The van der Waals surface area contributed by atoms with Crippen LogP contribution in [0.1, 0.15) is 63.8 Å². The van der Waals surface area contributed by atoms with Gasteiger partial charge < -0.3 is 9.47 Å². The van der Waals surface area contributed by atoms with Crippen LogP contribution in [-0.2, 0) is 31.7 Å². The van der Waals surface area contributed by atoms with Crippen LogP contribution in [0, 0.1) is 13.8 Å². The molecule has 6 heteroatoms. The van der Waals surface area contributed by atoms with Gasteiger partial charge in [0.25, 0.3) is 0 Å². The quantitative estimate of drug-likeness (QED) is 0.131. The van der Waals surface area contributed by atoms with Crippen molar-refractivity contribution in [3.63, 3.8) is 0 Å². The predicted octanol–water partition coefficient (Wildman–Crippen LogP) is 13.6. The van der Waals surface area contributed by atoms with Gasteiger partial charge >= 0.3 is 37.9 Å². The van der Waals surface area contributed by atoms with E-state index in [0.717, 1.165) is 21.0 Å². The van der Waals surface area contributed by atoms with E-state index < -0.39 is 20.8 Å². The Kier molecular flexibility index (Phi) is 15.7. The van der Waals surface area contributed by atoms with Gasteiger partial charge in [-0.3, -0.25) is 0 Å². The molecule has 0 aliphatic carbocycles. The fraction of sp³-hybridized carbons (Fsp3) is 0.318. The third kappa shape index (κ3) is 10.3. The molecule has 0 spiro atoms. The first-order valence-electron chi connectivity index (χ1n) is 17.0. The number of hydrogen-bond acceptors (Lipinski definition) is 2. The van der Waals surface area contributed by atoms with E-state index in [4.69, 9.17) is 26.5 Å². The summed E-state index contributed by atoms with van der Waals surface area (Å²) in [4.78, 5) is 0. The normalized spacial score (nSPS) is 11.0. The molecule has 0 unspecified atom stereocenters. The summed E-state index contributed by atoms with van der Waals surface area (Å²) in [6.07, 6.45) is 0. The van der Waals surface area contributed by atoms with Gasteiger partial charge in [-0.05, 0) is 44.2 Å². The molecular weight excluding hydrogens is 751 g/mol. The van der Waals surface area contributed by atoms with E-state index >= 15 is 0 Å². The third-order valence-corrected chi connectivity index (χ3v) is 8.36. The molecule has 6 aromatic carbocycles. The summed E-state index contributed by atoms with van der Waals surface area (Å²) in [5.74, 6) is 1.99. The number of methoxy groups -OCH3 is 2. The van der Waals surface area contributed by atoms with E-state index in [-0.39, 0.29) is 10.8 Å². The van der Waals surface area contributed by atoms with Crippen molar-refractivity contribution in [2.75, 3.05) is 14.2 Å². The Bertz CT molecular complexity index is 1800. The first-order chi connectivity index (χ1) is 23.7. The van der Waals surface area contributed by atoms with Gasteiger partial charge in [-0.25, -0.2) is 0 Å². The van der Waals surface area contributed by atoms with Gasteiger partial charge in [0.15, 0.2) is 0 Å². The molecule has 0 aliphatic heterocycles. The second-order valence-electron chi connectivity index (χ2n) is 14.6. The molecule has 0 saturated heterocycles. The molecule has 1 radical (unpaired) electrons. The summed E-state index contributed by atoms with van der Waals surface area (Å²) in [6, 6.07) is 34.7. The van der Waals surface area contributed by atoms with E-state index in [1.807, 2.05) is 0 Å². The summed E-state index contributed by atoms with van der Waals surface area (Å²) >= 11 is -0.826. The third-order valence-electron chi connectivity index (χ3n) is 8.36. The molecule has 6 rings (SSSR count). The van der Waals surface area contributed by atoms with Crippen molar-refractivity contribution in [2.45, 2.75) is 79.3 Å². The number of hydrogen-bond donors (Lipinski definition) is 0.